The van der Waals surface area contributed by atoms with Crippen LogP contribution in [0.2, 0.25) is 0 Å². The molecule has 0 saturated carbocycles. The van der Waals surface area contributed by atoms with Crippen LogP contribution >= 0.6 is 12.4 Å². The molecule has 0 aliphatic carbocycles. The zero-order valence-corrected chi connectivity index (χ0v) is 16.5. The third-order valence-electron chi connectivity index (χ3n) is 4.96. The first-order valence-corrected chi connectivity index (χ1v) is 9.22. The Labute approximate surface area is 169 Å². The number of benzene rings is 1. The number of aromatic nitrogens is 5. The Kier molecular flexibility index (Phi) is 6.43. The van der Waals surface area contributed by atoms with E-state index in [-0.39, 0.29) is 18.3 Å². The van der Waals surface area contributed by atoms with E-state index in [1.165, 1.54) is 0 Å². The van der Waals surface area contributed by atoms with Crippen LogP contribution in [0.15, 0.2) is 42.7 Å². The number of carbonyl (C=O) groups is 1. The van der Waals surface area contributed by atoms with Gasteiger partial charge in [0.05, 0.1) is 17.4 Å². The normalized spacial score (nSPS) is 14.5. The van der Waals surface area contributed by atoms with Crippen LogP contribution in [0.25, 0.3) is 5.69 Å². The van der Waals surface area contributed by atoms with Gasteiger partial charge in [0.15, 0.2) is 5.69 Å². The lowest BCUT2D eigenvalue weighted by Crippen LogP contribution is -2.30. The second-order valence-electron chi connectivity index (χ2n) is 6.75. The van der Waals surface area contributed by atoms with Crippen molar-refractivity contribution in [2.45, 2.75) is 32.4 Å². The van der Waals surface area contributed by atoms with E-state index in [0.29, 0.717) is 18.3 Å². The third-order valence-corrected chi connectivity index (χ3v) is 4.96. The topological polar surface area (TPSA) is 89.7 Å². The van der Waals surface area contributed by atoms with E-state index in [9.17, 15) is 4.79 Å². The summed E-state index contributed by atoms with van der Waals surface area (Å²) in [6.45, 7) is 4.30. The molecule has 1 aromatic carbocycles. The lowest BCUT2D eigenvalue weighted by Gasteiger charge is -2.23. The largest absolute Gasteiger partial charge is 0.347 e. The van der Waals surface area contributed by atoms with Gasteiger partial charge in [-0.1, -0.05) is 17.3 Å². The fourth-order valence-electron chi connectivity index (χ4n) is 3.40. The predicted molar refractivity (Wildman–Crippen MR) is 108 cm³/mol. The van der Waals surface area contributed by atoms with Crippen LogP contribution in [0.4, 0.5) is 0 Å². The summed E-state index contributed by atoms with van der Waals surface area (Å²) in [4.78, 5) is 12.5. The Morgan fingerprint density at radius 3 is 2.68 bits per heavy atom. The molecule has 0 bridgehead atoms. The highest BCUT2D eigenvalue weighted by molar-refractivity contribution is 5.93. The monoisotopic (exact) mass is 401 g/mol. The van der Waals surface area contributed by atoms with E-state index in [1.54, 1.807) is 10.9 Å². The van der Waals surface area contributed by atoms with Gasteiger partial charge in [-0.3, -0.25) is 4.79 Å². The smallest absolute Gasteiger partial charge is 0.274 e. The van der Waals surface area contributed by atoms with E-state index in [1.807, 2.05) is 48.1 Å². The zero-order valence-electron chi connectivity index (χ0n) is 15.7. The summed E-state index contributed by atoms with van der Waals surface area (Å²) >= 11 is 0. The SMILES string of the molecule is Cc1c(C(=O)NCc2ccc(-n3cccn3)cc2)nnn1C1CCNCC1.Cl. The Morgan fingerprint density at radius 2 is 2.00 bits per heavy atom. The molecular formula is C19H24ClN7O. The van der Waals surface area contributed by atoms with Crippen LogP contribution in [0.3, 0.4) is 0 Å². The summed E-state index contributed by atoms with van der Waals surface area (Å²) in [6, 6.07) is 10.1. The lowest BCUT2D eigenvalue weighted by atomic mass is 10.1. The number of carbonyl (C=O) groups excluding carboxylic acids is 1. The molecule has 1 fully saturated rings. The van der Waals surface area contributed by atoms with Crippen molar-refractivity contribution >= 4 is 18.3 Å². The first-order chi connectivity index (χ1) is 13.2. The fourth-order valence-corrected chi connectivity index (χ4v) is 3.40. The van der Waals surface area contributed by atoms with Gasteiger partial charge in [-0.2, -0.15) is 5.10 Å². The molecule has 148 valence electrons. The first kappa shape index (κ1) is 20.0. The van der Waals surface area contributed by atoms with E-state index in [4.69, 9.17) is 0 Å². The zero-order chi connectivity index (χ0) is 18.6. The molecule has 1 amide bonds. The molecule has 1 saturated heterocycles. The minimum absolute atomic E-state index is 0. The van der Waals surface area contributed by atoms with Gasteiger partial charge >= 0.3 is 0 Å². The average Bonchev–Trinajstić information content (AvgIpc) is 3.37. The number of hydrogen-bond acceptors (Lipinski definition) is 5. The molecular weight excluding hydrogens is 378 g/mol. The van der Waals surface area contributed by atoms with Crippen molar-refractivity contribution in [3.63, 3.8) is 0 Å². The highest BCUT2D eigenvalue weighted by Gasteiger charge is 2.22. The number of piperidine rings is 1. The van der Waals surface area contributed by atoms with Gasteiger partial charge in [-0.15, -0.1) is 17.5 Å². The molecule has 4 rings (SSSR count). The molecule has 2 aromatic heterocycles. The summed E-state index contributed by atoms with van der Waals surface area (Å²) in [5, 5.41) is 18.8. The average molecular weight is 402 g/mol. The minimum atomic E-state index is -0.191. The maximum absolute atomic E-state index is 12.5. The molecule has 1 aliphatic rings. The van der Waals surface area contributed by atoms with Gasteiger partial charge in [0.2, 0.25) is 0 Å². The van der Waals surface area contributed by atoms with Gasteiger partial charge in [0.25, 0.3) is 5.91 Å². The Morgan fingerprint density at radius 1 is 1.25 bits per heavy atom. The van der Waals surface area contributed by atoms with Crippen LogP contribution in [-0.4, -0.2) is 43.8 Å². The summed E-state index contributed by atoms with van der Waals surface area (Å²) in [5.74, 6) is -0.191. The van der Waals surface area contributed by atoms with Crippen LogP contribution in [-0.2, 0) is 6.54 Å². The van der Waals surface area contributed by atoms with Crippen LogP contribution in [0, 0.1) is 6.92 Å². The van der Waals surface area contributed by atoms with Crippen molar-refractivity contribution in [2.75, 3.05) is 13.1 Å². The summed E-state index contributed by atoms with van der Waals surface area (Å²) in [5.41, 5.74) is 3.23. The fraction of sp³-hybridized carbons (Fsp3) is 0.368. The van der Waals surface area contributed by atoms with Gasteiger partial charge in [0, 0.05) is 18.9 Å². The highest BCUT2D eigenvalue weighted by atomic mass is 35.5. The number of rotatable bonds is 5. The molecule has 0 atom stereocenters. The van der Waals surface area contributed by atoms with Crippen molar-refractivity contribution in [2.24, 2.45) is 0 Å². The van der Waals surface area contributed by atoms with Crippen molar-refractivity contribution in [1.29, 1.82) is 0 Å². The van der Waals surface area contributed by atoms with E-state index >= 15 is 0 Å². The quantitative estimate of drug-likeness (QED) is 0.683. The molecule has 8 nitrogen and oxygen atoms in total. The summed E-state index contributed by atoms with van der Waals surface area (Å²) < 4.78 is 3.69. The van der Waals surface area contributed by atoms with Gasteiger partial charge < -0.3 is 10.6 Å². The number of hydrogen-bond donors (Lipinski definition) is 2. The summed E-state index contributed by atoms with van der Waals surface area (Å²) in [7, 11) is 0. The van der Waals surface area contributed by atoms with Crippen LogP contribution in [0.1, 0.15) is 40.6 Å². The molecule has 2 N–H and O–H groups in total. The molecule has 1 aliphatic heterocycles. The van der Waals surface area contributed by atoms with Crippen LogP contribution in [0.5, 0.6) is 0 Å². The minimum Gasteiger partial charge on any atom is -0.347 e. The molecule has 3 heterocycles. The Balaban J connectivity index is 0.00000225. The molecule has 0 spiro atoms. The summed E-state index contributed by atoms with van der Waals surface area (Å²) in [6.07, 6.45) is 5.65. The number of nitrogens with one attached hydrogen (secondary N) is 2. The van der Waals surface area contributed by atoms with Crippen molar-refractivity contribution in [3.05, 3.63) is 59.7 Å². The third kappa shape index (κ3) is 4.23. The maximum atomic E-state index is 12.5. The van der Waals surface area contributed by atoms with E-state index in [2.05, 4.69) is 26.0 Å². The van der Waals surface area contributed by atoms with E-state index < -0.39 is 0 Å². The van der Waals surface area contributed by atoms with Crippen LogP contribution < -0.4 is 10.6 Å². The first-order valence-electron chi connectivity index (χ1n) is 9.22. The second kappa shape index (κ2) is 8.99. The number of amides is 1. The molecule has 9 heteroatoms. The van der Waals surface area contributed by atoms with Gasteiger partial charge in [-0.25, -0.2) is 9.36 Å². The lowest BCUT2D eigenvalue weighted by molar-refractivity contribution is 0.0945. The molecule has 0 unspecified atom stereocenters. The second-order valence-corrected chi connectivity index (χ2v) is 6.75. The molecule has 28 heavy (non-hydrogen) atoms. The Bertz CT molecular complexity index is 899. The van der Waals surface area contributed by atoms with Crippen molar-refractivity contribution < 1.29 is 4.79 Å². The molecule has 3 aromatic rings. The van der Waals surface area contributed by atoms with Crippen molar-refractivity contribution in [1.82, 2.24) is 35.4 Å². The molecule has 0 radical (unpaired) electrons. The van der Waals surface area contributed by atoms with E-state index in [0.717, 1.165) is 42.9 Å². The van der Waals surface area contributed by atoms with Gasteiger partial charge in [-0.05, 0) is 56.6 Å². The van der Waals surface area contributed by atoms with Crippen molar-refractivity contribution in [3.8, 4) is 5.69 Å². The predicted octanol–water partition coefficient (Wildman–Crippen LogP) is 2.05. The highest BCUT2D eigenvalue weighted by Crippen LogP contribution is 2.20. The van der Waals surface area contributed by atoms with Gasteiger partial charge in [0.1, 0.15) is 0 Å². The number of nitrogens with zero attached hydrogens (tertiary/aromatic N) is 5. The number of halogens is 1. The Hall–Kier alpha value is -2.71. The maximum Gasteiger partial charge on any atom is 0.274 e. The standard InChI is InChI=1S/C19H23N7O.ClH/c1-14-18(23-24-26(14)17-7-10-20-11-8-17)19(27)21-13-15-3-5-16(6-4-15)25-12-2-9-22-25;/h2-6,9,12,17,20H,7-8,10-11,13H2,1H3,(H,21,27);1H.